The number of aromatic nitrogens is 3. The zero-order valence-corrected chi connectivity index (χ0v) is 15.4. The minimum atomic E-state index is -3.13. The summed E-state index contributed by atoms with van der Waals surface area (Å²) >= 11 is 1.67. The SMILES string of the molecule is CCS(=O)(=O)NCCC1CN(Cc2nccs2)Cc2ccnn2C1. The van der Waals surface area contributed by atoms with Gasteiger partial charge in [0.25, 0.3) is 0 Å². The summed E-state index contributed by atoms with van der Waals surface area (Å²) in [5.41, 5.74) is 1.20. The highest BCUT2D eigenvalue weighted by Crippen LogP contribution is 2.20. The van der Waals surface area contributed by atoms with Gasteiger partial charge in [0.15, 0.2) is 0 Å². The third kappa shape index (κ3) is 4.62. The van der Waals surface area contributed by atoms with Crippen LogP contribution in [0.15, 0.2) is 23.8 Å². The number of thiazole rings is 1. The van der Waals surface area contributed by atoms with Crippen molar-refractivity contribution in [3.05, 3.63) is 34.5 Å². The van der Waals surface area contributed by atoms with Crippen molar-refractivity contribution in [2.45, 2.75) is 33.0 Å². The number of sulfonamides is 1. The van der Waals surface area contributed by atoms with Crippen LogP contribution in [-0.2, 0) is 29.7 Å². The second kappa shape index (κ2) is 7.73. The zero-order chi connectivity index (χ0) is 17.0. The molecule has 9 heteroatoms. The first-order valence-corrected chi connectivity index (χ1v) is 10.7. The summed E-state index contributed by atoms with van der Waals surface area (Å²) < 4.78 is 27.9. The zero-order valence-electron chi connectivity index (χ0n) is 13.8. The minimum absolute atomic E-state index is 0.122. The summed E-state index contributed by atoms with van der Waals surface area (Å²) in [4.78, 5) is 6.75. The predicted octanol–water partition coefficient (Wildman–Crippen LogP) is 1.30. The molecule has 2 aromatic heterocycles. The molecule has 3 rings (SSSR count). The van der Waals surface area contributed by atoms with Gasteiger partial charge in [-0.25, -0.2) is 18.1 Å². The normalized spacial score (nSPS) is 19.1. The summed E-state index contributed by atoms with van der Waals surface area (Å²) in [6, 6.07) is 2.05. The first-order chi connectivity index (χ1) is 11.6. The molecule has 2 aromatic rings. The van der Waals surface area contributed by atoms with E-state index in [0.717, 1.165) is 37.6 Å². The van der Waals surface area contributed by atoms with Crippen molar-refractivity contribution in [3.8, 4) is 0 Å². The van der Waals surface area contributed by atoms with Crippen LogP contribution >= 0.6 is 11.3 Å². The van der Waals surface area contributed by atoms with Gasteiger partial charge in [0.1, 0.15) is 5.01 Å². The molecule has 0 saturated heterocycles. The Morgan fingerprint density at radius 3 is 3.00 bits per heavy atom. The highest BCUT2D eigenvalue weighted by atomic mass is 32.2. The third-order valence-electron chi connectivity index (χ3n) is 4.23. The molecule has 1 atom stereocenters. The van der Waals surface area contributed by atoms with Gasteiger partial charge in [-0.1, -0.05) is 0 Å². The largest absolute Gasteiger partial charge is 0.291 e. The Kier molecular flexibility index (Phi) is 5.65. The van der Waals surface area contributed by atoms with Gasteiger partial charge >= 0.3 is 0 Å². The van der Waals surface area contributed by atoms with Crippen LogP contribution in [0.4, 0.5) is 0 Å². The molecule has 1 aliphatic rings. The van der Waals surface area contributed by atoms with Crippen molar-refractivity contribution in [3.63, 3.8) is 0 Å². The van der Waals surface area contributed by atoms with Gasteiger partial charge in [-0.15, -0.1) is 11.3 Å². The molecule has 1 unspecified atom stereocenters. The second-order valence-corrected chi connectivity index (χ2v) is 9.13. The van der Waals surface area contributed by atoms with Crippen molar-refractivity contribution in [2.75, 3.05) is 18.8 Å². The lowest BCUT2D eigenvalue weighted by Crippen LogP contribution is -2.32. The average molecular weight is 370 g/mol. The standard InChI is InChI=1S/C15H23N5O2S2/c1-2-24(21,22)18-6-3-13-9-19(12-15-16-7-8-23-15)11-14-4-5-17-20(14)10-13/h4-5,7-8,13,18H,2-3,6,9-12H2,1H3. The maximum Gasteiger partial charge on any atom is 0.211 e. The smallest absolute Gasteiger partial charge is 0.211 e. The molecule has 1 aliphatic heterocycles. The number of hydrogen-bond acceptors (Lipinski definition) is 6. The number of rotatable bonds is 7. The second-order valence-electron chi connectivity index (χ2n) is 6.05. The summed E-state index contributed by atoms with van der Waals surface area (Å²) in [5, 5.41) is 7.51. The van der Waals surface area contributed by atoms with E-state index in [1.54, 1.807) is 18.3 Å². The monoisotopic (exact) mass is 369 g/mol. The van der Waals surface area contributed by atoms with Crippen LogP contribution in [0.25, 0.3) is 0 Å². The van der Waals surface area contributed by atoms with E-state index in [-0.39, 0.29) is 5.75 Å². The van der Waals surface area contributed by atoms with Crippen molar-refractivity contribution in [1.82, 2.24) is 24.4 Å². The van der Waals surface area contributed by atoms with E-state index in [2.05, 4.69) is 25.8 Å². The molecule has 7 nitrogen and oxygen atoms in total. The number of hydrogen-bond donors (Lipinski definition) is 1. The van der Waals surface area contributed by atoms with E-state index in [4.69, 9.17) is 0 Å². The highest BCUT2D eigenvalue weighted by molar-refractivity contribution is 7.89. The number of fused-ring (bicyclic) bond motifs is 1. The summed E-state index contributed by atoms with van der Waals surface area (Å²) in [7, 11) is -3.13. The summed E-state index contributed by atoms with van der Waals surface area (Å²) in [5.74, 6) is 0.475. The molecule has 0 aromatic carbocycles. The molecule has 0 fully saturated rings. The molecule has 0 radical (unpaired) electrons. The van der Waals surface area contributed by atoms with E-state index >= 15 is 0 Å². The maximum atomic E-state index is 11.6. The quantitative estimate of drug-likeness (QED) is 0.796. The number of nitrogens with one attached hydrogen (secondary N) is 1. The molecular formula is C15H23N5O2S2. The van der Waals surface area contributed by atoms with Crippen LogP contribution in [0.3, 0.4) is 0 Å². The Bertz CT molecular complexity index is 742. The molecule has 0 aliphatic carbocycles. The van der Waals surface area contributed by atoms with Gasteiger partial charge in [-0.2, -0.15) is 5.10 Å². The Hall–Kier alpha value is -1.29. The minimum Gasteiger partial charge on any atom is -0.291 e. The van der Waals surface area contributed by atoms with E-state index in [0.29, 0.717) is 12.5 Å². The Morgan fingerprint density at radius 1 is 1.38 bits per heavy atom. The van der Waals surface area contributed by atoms with Crippen LogP contribution in [0.2, 0.25) is 0 Å². The van der Waals surface area contributed by atoms with Gasteiger partial charge in [-0.05, 0) is 25.3 Å². The summed E-state index contributed by atoms with van der Waals surface area (Å²) in [6.07, 6.45) is 4.46. The van der Waals surface area contributed by atoms with Crippen LogP contribution < -0.4 is 4.72 Å². The molecule has 0 saturated carbocycles. The van der Waals surface area contributed by atoms with Gasteiger partial charge in [0.05, 0.1) is 18.0 Å². The maximum absolute atomic E-state index is 11.6. The van der Waals surface area contributed by atoms with Crippen molar-refractivity contribution >= 4 is 21.4 Å². The molecule has 1 N–H and O–H groups in total. The molecule has 0 spiro atoms. The van der Waals surface area contributed by atoms with E-state index in [9.17, 15) is 8.42 Å². The predicted molar refractivity (Wildman–Crippen MR) is 94.0 cm³/mol. The highest BCUT2D eigenvalue weighted by Gasteiger charge is 2.23. The van der Waals surface area contributed by atoms with E-state index < -0.39 is 10.0 Å². The molecule has 132 valence electrons. The van der Waals surface area contributed by atoms with Crippen molar-refractivity contribution in [2.24, 2.45) is 5.92 Å². The average Bonchev–Trinajstić information content (AvgIpc) is 3.17. The molecule has 24 heavy (non-hydrogen) atoms. The molecule has 0 bridgehead atoms. The lowest BCUT2D eigenvalue weighted by molar-refractivity contribution is 0.215. The lowest BCUT2D eigenvalue weighted by Gasteiger charge is -2.23. The first kappa shape index (κ1) is 17.5. The van der Waals surface area contributed by atoms with Gasteiger partial charge in [0, 0.05) is 44.0 Å². The summed E-state index contributed by atoms with van der Waals surface area (Å²) in [6.45, 7) is 5.53. The van der Waals surface area contributed by atoms with Gasteiger partial charge < -0.3 is 0 Å². The first-order valence-electron chi connectivity index (χ1n) is 8.14. The van der Waals surface area contributed by atoms with Gasteiger partial charge in [-0.3, -0.25) is 9.58 Å². The van der Waals surface area contributed by atoms with E-state index in [1.807, 2.05) is 22.5 Å². The Labute approximate surface area is 146 Å². The van der Waals surface area contributed by atoms with Crippen LogP contribution in [0.5, 0.6) is 0 Å². The molecule has 3 heterocycles. The molecular weight excluding hydrogens is 346 g/mol. The fourth-order valence-electron chi connectivity index (χ4n) is 2.97. The molecule has 0 amide bonds. The van der Waals surface area contributed by atoms with Crippen LogP contribution in [-0.4, -0.2) is 46.9 Å². The topological polar surface area (TPSA) is 80.1 Å². The van der Waals surface area contributed by atoms with Gasteiger partial charge in [0.2, 0.25) is 10.0 Å². The van der Waals surface area contributed by atoms with Crippen molar-refractivity contribution < 1.29 is 8.42 Å². The fourth-order valence-corrected chi connectivity index (χ4v) is 4.26. The van der Waals surface area contributed by atoms with Crippen LogP contribution in [0.1, 0.15) is 24.0 Å². The van der Waals surface area contributed by atoms with Crippen molar-refractivity contribution in [1.29, 1.82) is 0 Å². The lowest BCUT2D eigenvalue weighted by atomic mass is 10.1. The van der Waals surface area contributed by atoms with E-state index in [1.165, 1.54) is 5.69 Å². The Balaban J connectivity index is 1.65. The van der Waals surface area contributed by atoms with Crippen LogP contribution in [0, 0.1) is 5.92 Å². The fraction of sp³-hybridized carbons (Fsp3) is 0.600. The Morgan fingerprint density at radius 2 is 2.25 bits per heavy atom. The third-order valence-corrected chi connectivity index (χ3v) is 6.40. The number of nitrogens with zero attached hydrogens (tertiary/aromatic N) is 4.